The van der Waals surface area contributed by atoms with Gasteiger partial charge in [0.25, 0.3) is 0 Å². The van der Waals surface area contributed by atoms with Crippen molar-refractivity contribution in [2.75, 3.05) is 18.9 Å². The smallest absolute Gasteiger partial charge is 0.184 e. The number of tetrazole rings is 1. The molecule has 6 nitrogen and oxygen atoms in total. The average Bonchev–Trinajstić information content (AvgIpc) is 3.18. The van der Waals surface area contributed by atoms with E-state index in [0.717, 1.165) is 18.9 Å². The van der Waals surface area contributed by atoms with Crippen molar-refractivity contribution in [1.82, 2.24) is 20.2 Å². The molecule has 0 unspecified atom stereocenters. The number of halogens is 1. The summed E-state index contributed by atoms with van der Waals surface area (Å²) in [5.41, 5.74) is 6.83. The first-order valence-electron chi connectivity index (χ1n) is 7.13. The minimum atomic E-state index is -0.360. The monoisotopic (exact) mass is 291 g/mol. The van der Waals surface area contributed by atoms with Gasteiger partial charge in [-0.2, -0.15) is 0 Å². The van der Waals surface area contributed by atoms with Gasteiger partial charge in [0.15, 0.2) is 5.82 Å². The largest absolute Gasteiger partial charge is 0.398 e. The Labute approximate surface area is 122 Å². The highest BCUT2D eigenvalue weighted by Crippen LogP contribution is 2.28. The molecule has 0 radical (unpaired) electrons. The van der Waals surface area contributed by atoms with Gasteiger partial charge in [-0.3, -0.25) is 0 Å². The van der Waals surface area contributed by atoms with Crippen LogP contribution in [-0.2, 0) is 11.3 Å². The summed E-state index contributed by atoms with van der Waals surface area (Å²) in [4.78, 5) is 0. The Morgan fingerprint density at radius 2 is 2.24 bits per heavy atom. The number of anilines is 1. The molecule has 0 aliphatic heterocycles. The third kappa shape index (κ3) is 3.55. The van der Waals surface area contributed by atoms with E-state index in [0.29, 0.717) is 30.2 Å². The lowest BCUT2D eigenvalue weighted by atomic mass is 10.1. The maximum Gasteiger partial charge on any atom is 0.184 e. The quantitative estimate of drug-likeness (QED) is 0.622. The normalized spacial score (nSPS) is 14.5. The minimum Gasteiger partial charge on any atom is -0.398 e. The molecule has 0 bridgehead atoms. The number of aryl methyl sites for hydroxylation is 1. The third-order valence-corrected chi connectivity index (χ3v) is 3.50. The van der Waals surface area contributed by atoms with Gasteiger partial charge in [0.1, 0.15) is 5.82 Å². The molecule has 112 valence electrons. The molecule has 3 rings (SSSR count). The van der Waals surface area contributed by atoms with Crippen LogP contribution in [0.25, 0.3) is 11.4 Å². The number of hydrogen-bond acceptors (Lipinski definition) is 5. The predicted octanol–water partition coefficient (Wildman–Crippen LogP) is 1.88. The first-order chi connectivity index (χ1) is 10.2. The van der Waals surface area contributed by atoms with Crippen LogP contribution in [0.4, 0.5) is 10.1 Å². The molecule has 0 saturated heterocycles. The number of nitrogens with zero attached hydrogens (tertiary/aromatic N) is 4. The Morgan fingerprint density at radius 3 is 3.05 bits per heavy atom. The van der Waals surface area contributed by atoms with E-state index in [9.17, 15) is 4.39 Å². The molecule has 0 amide bonds. The van der Waals surface area contributed by atoms with Gasteiger partial charge in [0.2, 0.25) is 0 Å². The average molecular weight is 291 g/mol. The van der Waals surface area contributed by atoms with Gasteiger partial charge in [-0.25, -0.2) is 9.07 Å². The van der Waals surface area contributed by atoms with E-state index in [2.05, 4.69) is 15.5 Å². The van der Waals surface area contributed by atoms with Gasteiger partial charge in [-0.05, 0) is 53.8 Å². The maximum atomic E-state index is 13.4. The van der Waals surface area contributed by atoms with E-state index in [1.165, 1.54) is 31.0 Å². The Balaban J connectivity index is 1.61. The van der Waals surface area contributed by atoms with Crippen LogP contribution in [0.2, 0.25) is 0 Å². The van der Waals surface area contributed by atoms with E-state index in [1.54, 1.807) is 4.68 Å². The van der Waals surface area contributed by atoms with Crippen molar-refractivity contribution < 1.29 is 9.13 Å². The van der Waals surface area contributed by atoms with Gasteiger partial charge < -0.3 is 10.5 Å². The number of hydrogen-bond donors (Lipinski definition) is 1. The van der Waals surface area contributed by atoms with Crippen molar-refractivity contribution in [3.8, 4) is 11.4 Å². The highest BCUT2D eigenvalue weighted by molar-refractivity contribution is 5.71. The number of ether oxygens (including phenoxy) is 1. The molecular formula is C14H18FN5O. The van der Waals surface area contributed by atoms with Crippen molar-refractivity contribution in [2.24, 2.45) is 5.92 Å². The van der Waals surface area contributed by atoms with Gasteiger partial charge in [-0.15, -0.1) is 5.10 Å². The van der Waals surface area contributed by atoms with Crippen LogP contribution in [0.15, 0.2) is 18.2 Å². The van der Waals surface area contributed by atoms with Gasteiger partial charge in [0, 0.05) is 31.0 Å². The molecule has 2 N–H and O–H groups in total. The summed E-state index contributed by atoms with van der Waals surface area (Å²) < 4.78 is 20.6. The molecule has 7 heteroatoms. The lowest BCUT2D eigenvalue weighted by Crippen LogP contribution is -2.08. The van der Waals surface area contributed by atoms with Crippen molar-refractivity contribution in [1.29, 1.82) is 0 Å². The van der Waals surface area contributed by atoms with Crippen molar-refractivity contribution in [3.63, 3.8) is 0 Å². The third-order valence-electron chi connectivity index (χ3n) is 3.50. The van der Waals surface area contributed by atoms with E-state index in [-0.39, 0.29) is 5.82 Å². The zero-order chi connectivity index (χ0) is 14.7. The minimum absolute atomic E-state index is 0.360. The van der Waals surface area contributed by atoms with Crippen LogP contribution in [0.5, 0.6) is 0 Å². The number of benzene rings is 1. The van der Waals surface area contributed by atoms with Crippen LogP contribution in [0.3, 0.4) is 0 Å². The Kier molecular flexibility index (Phi) is 4.10. The number of rotatable bonds is 7. The zero-order valence-electron chi connectivity index (χ0n) is 11.7. The SMILES string of the molecule is Nc1ccc(F)cc1-c1nnnn1CCCOCC1CC1. The lowest BCUT2D eigenvalue weighted by Gasteiger charge is -2.07. The Hall–Kier alpha value is -2.02. The van der Waals surface area contributed by atoms with Crippen LogP contribution in [0, 0.1) is 11.7 Å². The highest BCUT2D eigenvalue weighted by Gasteiger charge is 2.21. The lowest BCUT2D eigenvalue weighted by molar-refractivity contribution is 0.118. The van der Waals surface area contributed by atoms with Crippen LogP contribution in [0.1, 0.15) is 19.3 Å². The maximum absolute atomic E-state index is 13.4. The standard InChI is InChI=1S/C14H18FN5O/c15-11-4-5-13(16)12(8-11)14-17-18-19-20(14)6-1-7-21-9-10-2-3-10/h4-5,8,10H,1-3,6-7,9,16H2. The molecule has 1 fully saturated rings. The van der Waals surface area contributed by atoms with E-state index in [1.807, 2.05) is 0 Å². The number of nitrogens with two attached hydrogens (primary N) is 1. The molecule has 0 spiro atoms. The number of aromatic nitrogens is 4. The van der Waals surface area contributed by atoms with Gasteiger partial charge in [0.05, 0.1) is 0 Å². The molecule has 1 heterocycles. The Morgan fingerprint density at radius 1 is 1.38 bits per heavy atom. The van der Waals surface area contributed by atoms with E-state index in [4.69, 9.17) is 10.5 Å². The second-order valence-corrected chi connectivity index (χ2v) is 5.33. The summed E-state index contributed by atoms with van der Waals surface area (Å²) in [5.74, 6) is 0.886. The molecule has 0 atom stereocenters. The summed E-state index contributed by atoms with van der Waals surface area (Å²) >= 11 is 0. The molecule has 1 aromatic carbocycles. The van der Waals surface area contributed by atoms with E-state index < -0.39 is 0 Å². The first kappa shape index (κ1) is 13.9. The summed E-state index contributed by atoms with van der Waals surface area (Å²) in [6.07, 6.45) is 3.38. The van der Waals surface area contributed by atoms with Gasteiger partial charge in [-0.1, -0.05) is 0 Å². The molecule has 1 aliphatic rings. The van der Waals surface area contributed by atoms with E-state index >= 15 is 0 Å². The van der Waals surface area contributed by atoms with Crippen LogP contribution < -0.4 is 5.73 Å². The van der Waals surface area contributed by atoms with Crippen molar-refractivity contribution in [3.05, 3.63) is 24.0 Å². The predicted molar refractivity (Wildman–Crippen MR) is 75.8 cm³/mol. The second-order valence-electron chi connectivity index (χ2n) is 5.33. The fourth-order valence-electron chi connectivity index (χ4n) is 2.12. The summed E-state index contributed by atoms with van der Waals surface area (Å²) in [6.45, 7) is 2.14. The molecule has 2 aromatic rings. The van der Waals surface area contributed by atoms with Crippen LogP contribution >= 0.6 is 0 Å². The summed E-state index contributed by atoms with van der Waals surface area (Å²) in [5, 5.41) is 11.5. The van der Waals surface area contributed by atoms with Crippen molar-refractivity contribution in [2.45, 2.75) is 25.8 Å². The first-order valence-corrected chi connectivity index (χ1v) is 7.13. The van der Waals surface area contributed by atoms with Crippen LogP contribution in [-0.4, -0.2) is 33.4 Å². The van der Waals surface area contributed by atoms with Gasteiger partial charge >= 0.3 is 0 Å². The molecule has 1 aliphatic carbocycles. The fourth-order valence-corrected chi connectivity index (χ4v) is 2.12. The summed E-state index contributed by atoms with van der Waals surface area (Å²) in [7, 11) is 0. The second kappa shape index (κ2) is 6.17. The molecular weight excluding hydrogens is 273 g/mol. The fraction of sp³-hybridized carbons (Fsp3) is 0.500. The topological polar surface area (TPSA) is 78.9 Å². The highest BCUT2D eigenvalue weighted by atomic mass is 19.1. The molecule has 1 aromatic heterocycles. The zero-order valence-corrected chi connectivity index (χ0v) is 11.7. The Bertz CT molecular complexity index is 611. The molecule has 1 saturated carbocycles. The van der Waals surface area contributed by atoms with Crippen molar-refractivity contribution >= 4 is 5.69 Å². The molecule has 21 heavy (non-hydrogen) atoms. The number of nitrogen functional groups attached to an aromatic ring is 1. The summed E-state index contributed by atoms with van der Waals surface area (Å²) in [6, 6.07) is 4.18.